The van der Waals surface area contributed by atoms with Crippen molar-refractivity contribution in [3.63, 3.8) is 0 Å². The molecule has 0 atom stereocenters. The fourth-order valence-corrected chi connectivity index (χ4v) is 2.76. The van der Waals surface area contributed by atoms with Crippen LogP contribution in [0.4, 0.5) is 5.00 Å². The van der Waals surface area contributed by atoms with Crippen molar-refractivity contribution >= 4 is 28.7 Å². The van der Waals surface area contributed by atoms with Crippen molar-refractivity contribution < 1.29 is 19.4 Å². The minimum atomic E-state index is -1.07. The van der Waals surface area contributed by atoms with Gasteiger partial charge in [-0.25, -0.2) is 4.79 Å². The number of hydrogen-bond acceptors (Lipinski definition) is 4. The highest BCUT2D eigenvalue weighted by Gasteiger charge is 2.19. The smallest absolute Gasteiger partial charge is 0.339 e. The van der Waals surface area contributed by atoms with Gasteiger partial charge in [0.25, 0.3) is 0 Å². The Hall–Kier alpha value is -2.34. The molecule has 0 bridgehead atoms. The summed E-state index contributed by atoms with van der Waals surface area (Å²) < 4.78 is 5.35. The van der Waals surface area contributed by atoms with E-state index in [0.29, 0.717) is 23.6 Å². The van der Waals surface area contributed by atoms with E-state index in [2.05, 4.69) is 5.32 Å². The summed E-state index contributed by atoms with van der Waals surface area (Å²) in [6.07, 6.45) is 0.472. The molecule has 5 nitrogen and oxygen atoms in total. The number of carbonyl (C=O) groups is 2. The molecule has 1 amide bonds. The molecule has 2 N–H and O–H groups in total. The fourth-order valence-electron chi connectivity index (χ4n) is 1.84. The molecule has 6 heteroatoms. The molecule has 0 aliphatic rings. The molecule has 0 aliphatic carbocycles. The quantitative estimate of drug-likeness (QED) is 0.802. The first-order chi connectivity index (χ1) is 9.67. The zero-order valence-corrected chi connectivity index (χ0v) is 11.6. The Morgan fingerprint density at radius 3 is 2.65 bits per heavy atom. The third kappa shape index (κ3) is 2.80. The maximum Gasteiger partial charge on any atom is 0.339 e. The van der Waals surface area contributed by atoms with E-state index in [1.54, 1.807) is 29.6 Å². The summed E-state index contributed by atoms with van der Waals surface area (Å²) in [5.41, 5.74) is 1.45. The lowest BCUT2D eigenvalue weighted by atomic mass is 10.0. The van der Waals surface area contributed by atoms with Gasteiger partial charge in [0.15, 0.2) is 0 Å². The number of nitrogens with one attached hydrogen (secondary N) is 1. The van der Waals surface area contributed by atoms with E-state index in [9.17, 15) is 14.7 Å². The second-order valence-corrected chi connectivity index (χ2v) is 4.76. The van der Waals surface area contributed by atoms with Crippen molar-refractivity contribution in [3.05, 3.63) is 35.2 Å². The Balaban J connectivity index is 2.41. The Morgan fingerprint density at radius 1 is 1.40 bits per heavy atom. The number of aromatic carboxylic acids is 1. The Kier molecular flexibility index (Phi) is 4.37. The van der Waals surface area contributed by atoms with Crippen LogP contribution in [0.25, 0.3) is 11.1 Å². The van der Waals surface area contributed by atoms with Gasteiger partial charge in [0.05, 0.1) is 6.61 Å². The molecule has 20 heavy (non-hydrogen) atoms. The largest absolute Gasteiger partial charge is 0.494 e. The minimum Gasteiger partial charge on any atom is -0.494 e. The van der Waals surface area contributed by atoms with E-state index >= 15 is 0 Å². The lowest BCUT2D eigenvalue weighted by molar-refractivity contribution is -0.105. The van der Waals surface area contributed by atoms with Crippen molar-refractivity contribution in [2.24, 2.45) is 0 Å². The molecule has 2 aromatic rings. The first-order valence-electron chi connectivity index (χ1n) is 5.95. The van der Waals surface area contributed by atoms with Crippen LogP contribution in [0.3, 0.4) is 0 Å². The SMILES string of the molecule is CCOc1ccc(-c2csc(NC=O)c2C(=O)O)cc1. The summed E-state index contributed by atoms with van der Waals surface area (Å²) in [6.45, 7) is 2.47. The molecule has 0 saturated heterocycles. The first-order valence-corrected chi connectivity index (χ1v) is 6.83. The van der Waals surface area contributed by atoms with Crippen LogP contribution in [0, 0.1) is 0 Å². The highest BCUT2D eigenvalue weighted by atomic mass is 32.1. The number of carboxylic acid groups (broad SMARTS) is 1. The van der Waals surface area contributed by atoms with E-state index in [-0.39, 0.29) is 5.56 Å². The number of anilines is 1. The lowest BCUT2D eigenvalue weighted by Gasteiger charge is -2.05. The molecule has 0 spiro atoms. The molecule has 104 valence electrons. The zero-order valence-electron chi connectivity index (χ0n) is 10.8. The van der Waals surface area contributed by atoms with Gasteiger partial charge in [-0.05, 0) is 24.6 Å². The second kappa shape index (κ2) is 6.21. The third-order valence-corrected chi connectivity index (χ3v) is 3.58. The first kappa shape index (κ1) is 14.1. The number of carbonyl (C=O) groups excluding carboxylic acids is 1. The number of ether oxygens (including phenoxy) is 1. The maximum atomic E-state index is 11.3. The average Bonchev–Trinajstić information content (AvgIpc) is 2.84. The van der Waals surface area contributed by atoms with Gasteiger partial charge in [-0.1, -0.05) is 12.1 Å². The molecule has 0 unspecified atom stereocenters. The molecule has 0 radical (unpaired) electrons. The van der Waals surface area contributed by atoms with Crippen LogP contribution >= 0.6 is 11.3 Å². The van der Waals surface area contributed by atoms with Gasteiger partial charge < -0.3 is 15.2 Å². The molecule has 1 heterocycles. The zero-order chi connectivity index (χ0) is 14.5. The molecule has 0 fully saturated rings. The van der Waals surface area contributed by atoms with E-state index in [0.717, 1.165) is 11.3 Å². The normalized spacial score (nSPS) is 10.1. The van der Waals surface area contributed by atoms with Gasteiger partial charge >= 0.3 is 5.97 Å². The monoisotopic (exact) mass is 291 g/mol. The van der Waals surface area contributed by atoms with Crippen LogP contribution in [0.2, 0.25) is 0 Å². The summed E-state index contributed by atoms with van der Waals surface area (Å²) in [5.74, 6) is -0.339. The maximum absolute atomic E-state index is 11.3. The second-order valence-electron chi connectivity index (χ2n) is 3.88. The highest BCUT2D eigenvalue weighted by molar-refractivity contribution is 7.15. The fraction of sp³-hybridized carbons (Fsp3) is 0.143. The summed E-state index contributed by atoms with van der Waals surface area (Å²) in [7, 11) is 0. The van der Waals surface area contributed by atoms with Crippen molar-refractivity contribution in [3.8, 4) is 16.9 Å². The van der Waals surface area contributed by atoms with Gasteiger partial charge in [-0.3, -0.25) is 4.79 Å². The lowest BCUT2D eigenvalue weighted by Crippen LogP contribution is -2.02. The van der Waals surface area contributed by atoms with Crippen LogP contribution in [0.5, 0.6) is 5.75 Å². The predicted octanol–water partition coefficient (Wildman–Crippen LogP) is 3.08. The summed E-state index contributed by atoms with van der Waals surface area (Å²) in [5, 5.41) is 13.7. The van der Waals surface area contributed by atoms with Crippen LogP contribution in [0.15, 0.2) is 29.6 Å². The molecule has 0 aliphatic heterocycles. The molecule has 1 aromatic heterocycles. The number of rotatable bonds is 6. The molecule has 2 rings (SSSR count). The number of benzene rings is 1. The average molecular weight is 291 g/mol. The molecular weight excluding hydrogens is 278 g/mol. The van der Waals surface area contributed by atoms with E-state index in [1.807, 2.05) is 6.92 Å². The Bertz CT molecular complexity index is 619. The number of amides is 1. The topological polar surface area (TPSA) is 75.6 Å². The highest BCUT2D eigenvalue weighted by Crippen LogP contribution is 2.35. The van der Waals surface area contributed by atoms with Crippen molar-refractivity contribution in [2.75, 3.05) is 11.9 Å². The number of carboxylic acids is 1. The Morgan fingerprint density at radius 2 is 2.10 bits per heavy atom. The number of thiophene rings is 1. The predicted molar refractivity (Wildman–Crippen MR) is 77.6 cm³/mol. The van der Waals surface area contributed by atoms with Crippen LogP contribution < -0.4 is 10.1 Å². The van der Waals surface area contributed by atoms with Crippen molar-refractivity contribution in [1.29, 1.82) is 0 Å². The summed E-state index contributed by atoms with van der Waals surface area (Å²) in [4.78, 5) is 21.8. The van der Waals surface area contributed by atoms with Crippen LogP contribution in [-0.4, -0.2) is 24.1 Å². The van der Waals surface area contributed by atoms with E-state index in [1.165, 1.54) is 11.3 Å². The number of hydrogen-bond donors (Lipinski definition) is 2. The van der Waals surface area contributed by atoms with Gasteiger partial charge in [-0.2, -0.15) is 0 Å². The van der Waals surface area contributed by atoms with Crippen LogP contribution in [0.1, 0.15) is 17.3 Å². The third-order valence-electron chi connectivity index (χ3n) is 2.67. The van der Waals surface area contributed by atoms with E-state index < -0.39 is 5.97 Å². The minimum absolute atomic E-state index is 0.103. The summed E-state index contributed by atoms with van der Waals surface area (Å²) >= 11 is 1.18. The van der Waals surface area contributed by atoms with Crippen molar-refractivity contribution in [2.45, 2.75) is 6.92 Å². The molecule has 1 aromatic carbocycles. The van der Waals surface area contributed by atoms with Gasteiger partial charge in [-0.15, -0.1) is 11.3 Å². The molecule has 0 saturated carbocycles. The van der Waals surface area contributed by atoms with Crippen LogP contribution in [-0.2, 0) is 4.79 Å². The van der Waals surface area contributed by atoms with Gasteiger partial charge in [0.1, 0.15) is 16.3 Å². The standard InChI is InChI=1S/C14H13NO4S/c1-2-19-10-5-3-9(4-6-10)11-7-20-13(15-8-16)12(11)14(17)18/h3-8H,2H2,1H3,(H,15,16)(H,17,18). The van der Waals surface area contributed by atoms with Gasteiger partial charge in [0, 0.05) is 10.9 Å². The summed E-state index contributed by atoms with van der Waals surface area (Å²) in [6, 6.07) is 7.16. The van der Waals surface area contributed by atoms with Crippen molar-refractivity contribution in [1.82, 2.24) is 0 Å². The molecular formula is C14H13NO4S. The van der Waals surface area contributed by atoms with Gasteiger partial charge in [0.2, 0.25) is 6.41 Å². The van der Waals surface area contributed by atoms with E-state index in [4.69, 9.17) is 4.74 Å². The Labute approximate surface area is 119 Å².